The minimum atomic E-state index is -0.222. The average Bonchev–Trinajstić information content (AvgIpc) is 2.39. The molecular weight excluding hydrogens is 221 g/mol. The largest absolute Gasteiger partial charge is 0.356 e. The van der Waals surface area contributed by atoms with Crippen molar-refractivity contribution in [2.24, 2.45) is 0 Å². The van der Waals surface area contributed by atoms with Crippen LogP contribution >= 0.6 is 15.9 Å². The lowest BCUT2D eigenvalue weighted by Crippen LogP contribution is -1.79. The molecule has 1 heterocycles. The zero-order valence-corrected chi connectivity index (χ0v) is 8.07. The van der Waals surface area contributed by atoms with Crippen LogP contribution in [0, 0.1) is 12.7 Å². The lowest BCUT2D eigenvalue weighted by molar-refractivity contribution is 0.630. The zero-order valence-electron chi connectivity index (χ0n) is 6.49. The topological polar surface area (TPSA) is 15.8 Å². The number of aryl methyl sites for hydroxylation is 1. The molecule has 0 saturated heterocycles. The Morgan fingerprint density at radius 2 is 2.17 bits per heavy atom. The number of H-pyrrole nitrogens is 1. The third-order valence-corrected chi connectivity index (χ3v) is 2.43. The first-order chi connectivity index (χ1) is 5.68. The van der Waals surface area contributed by atoms with E-state index in [9.17, 15) is 4.39 Å². The molecule has 0 unspecified atom stereocenters. The standard InChI is InChI=1S/C9H7BrFN/c1-5-4-6-2-3-7(10)8(11)9(6)12-5/h2-4,12H,1H3. The summed E-state index contributed by atoms with van der Waals surface area (Å²) in [5.41, 5.74) is 1.55. The maximum absolute atomic E-state index is 13.3. The van der Waals surface area contributed by atoms with Gasteiger partial charge in [0, 0.05) is 11.1 Å². The molecule has 3 heteroatoms. The van der Waals surface area contributed by atoms with E-state index in [0.717, 1.165) is 11.1 Å². The van der Waals surface area contributed by atoms with E-state index in [1.165, 1.54) is 0 Å². The van der Waals surface area contributed by atoms with Crippen molar-refractivity contribution in [1.82, 2.24) is 4.98 Å². The van der Waals surface area contributed by atoms with Gasteiger partial charge in [-0.2, -0.15) is 0 Å². The Balaban J connectivity index is 2.89. The minimum Gasteiger partial charge on any atom is -0.356 e. The number of aromatic amines is 1. The molecule has 0 radical (unpaired) electrons. The highest BCUT2D eigenvalue weighted by molar-refractivity contribution is 9.10. The van der Waals surface area contributed by atoms with Gasteiger partial charge in [-0.05, 0) is 35.0 Å². The SMILES string of the molecule is Cc1cc2ccc(Br)c(F)c2[nH]1. The molecule has 0 bridgehead atoms. The second-order valence-electron chi connectivity index (χ2n) is 2.78. The molecule has 0 atom stereocenters. The number of hydrogen-bond donors (Lipinski definition) is 1. The Labute approximate surface area is 77.7 Å². The third kappa shape index (κ3) is 1.05. The number of rotatable bonds is 0. The fraction of sp³-hybridized carbons (Fsp3) is 0.111. The van der Waals surface area contributed by atoms with E-state index >= 15 is 0 Å². The molecule has 0 aliphatic heterocycles. The highest BCUT2D eigenvalue weighted by Crippen LogP contribution is 2.24. The van der Waals surface area contributed by atoms with Crippen molar-refractivity contribution in [1.29, 1.82) is 0 Å². The van der Waals surface area contributed by atoms with Crippen LogP contribution < -0.4 is 0 Å². The fourth-order valence-corrected chi connectivity index (χ4v) is 1.61. The quantitative estimate of drug-likeness (QED) is 0.711. The van der Waals surface area contributed by atoms with Crippen molar-refractivity contribution >= 4 is 26.8 Å². The predicted octanol–water partition coefficient (Wildman–Crippen LogP) is 3.38. The molecule has 1 N–H and O–H groups in total. The van der Waals surface area contributed by atoms with Gasteiger partial charge in [0.2, 0.25) is 0 Å². The number of aromatic nitrogens is 1. The first-order valence-electron chi connectivity index (χ1n) is 3.62. The summed E-state index contributed by atoms with van der Waals surface area (Å²) in [6.07, 6.45) is 0. The van der Waals surface area contributed by atoms with E-state index in [1.54, 1.807) is 6.07 Å². The van der Waals surface area contributed by atoms with Crippen LogP contribution in [0.4, 0.5) is 4.39 Å². The number of fused-ring (bicyclic) bond motifs is 1. The van der Waals surface area contributed by atoms with Crippen LogP contribution in [0.15, 0.2) is 22.7 Å². The molecule has 2 rings (SSSR count). The summed E-state index contributed by atoms with van der Waals surface area (Å²) >= 11 is 3.13. The highest BCUT2D eigenvalue weighted by atomic mass is 79.9. The van der Waals surface area contributed by atoms with E-state index in [1.807, 2.05) is 19.1 Å². The van der Waals surface area contributed by atoms with E-state index in [0.29, 0.717) is 9.99 Å². The maximum Gasteiger partial charge on any atom is 0.161 e. The fourth-order valence-electron chi connectivity index (χ4n) is 1.28. The van der Waals surface area contributed by atoms with Gasteiger partial charge < -0.3 is 4.98 Å². The summed E-state index contributed by atoms with van der Waals surface area (Å²) < 4.78 is 13.8. The first-order valence-corrected chi connectivity index (χ1v) is 4.41. The summed E-state index contributed by atoms with van der Waals surface area (Å²) in [6, 6.07) is 5.52. The van der Waals surface area contributed by atoms with Gasteiger partial charge in [0.15, 0.2) is 5.82 Å². The molecule has 0 aliphatic carbocycles. The van der Waals surface area contributed by atoms with E-state index in [4.69, 9.17) is 0 Å². The molecule has 1 nitrogen and oxygen atoms in total. The van der Waals surface area contributed by atoms with Crippen LogP contribution in [-0.4, -0.2) is 4.98 Å². The number of halogens is 2. The summed E-state index contributed by atoms with van der Waals surface area (Å²) in [5, 5.41) is 0.910. The predicted molar refractivity (Wildman–Crippen MR) is 50.7 cm³/mol. The summed E-state index contributed by atoms with van der Waals surface area (Å²) in [7, 11) is 0. The molecule has 1 aromatic carbocycles. The molecule has 12 heavy (non-hydrogen) atoms. The van der Waals surface area contributed by atoms with Crippen molar-refractivity contribution in [2.45, 2.75) is 6.92 Å². The van der Waals surface area contributed by atoms with Crippen molar-refractivity contribution in [2.75, 3.05) is 0 Å². The van der Waals surface area contributed by atoms with Gasteiger partial charge in [-0.15, -0.1) is 0 Å². The van der Waals surface area contributed by atoms with Crippen molar-refractivity contribution in [3.63, 3.8) is 0 Å². The second kappa shape index (κ2) is 2.59. The molecule has 1 aromatic heterocycles. The summed E-state index contributed by atoms with van der Waals surface area (Å²) in [4.78, 5) is 2.96. The monoisotopic (exact) mass is 227 g/mol. The van der Waals surface area contributed by atoms with E-state index in [-0.39, 0.29) is 5.82 Å². The van der Waals surface area contributed by atoms with Crippen molar-refractivity contribution < 1.29 is 4.39 Å². The van der Waals surface area contributed by atoms with Crippen LogP contribution in [0.1, 0.15) is 5.69 Å². The van der Waals surface area contributed by atoms with Crippen LogP contribution in [0.3, 0.4) is 0 Å². The molecule has 0 spiro atoms. The average molecular weight is 228 g/mol. The van der Waals surface area contributed by atoms with E-state index < -0.39 is 0 Å². The number of nitrogens with one attached hydrogen (secondary N) is 1. The minimum absolute atomic E-state index is 0.222. The Kier molecular flexibility index (Phi) is 1.68. The molecule has 62 valence electrons. The maximum atomic E-state index is 13.3. The van der Waals surface area contributed by atoms with Crippen LogP contribution in [0.25, 0.3) is 10.9 Å². The van der Waals surface area contributed by atoms with Gasteiger partial charge in [0.25, 0.3) is 0 Å². The Morgan fingerprint density at radius 1 is 1.42 bits per heavy atom. The molecule has 0 fully saturated rings. The molecule has 0 amide bonds. The Hall–Kier alpha value is -0.830. The summed E-state index contributed by atoms with van der Waals surface area (Å²) in [6.45, 7) is 1.91. The van der Waals surface area contributed by atoms with E-state index in [2.05, 4.69) is 20.9 Å². The molecule has 0 aliphatic rings. The third-order valence-electron chi connectivity index (χ3n) is 1.82. The molecule has 0 saturated carbocycles. The normalized spacial score (nSPS) is 10.9. The molecular formula is C9H7BrFN. The van der Waals surface area contributed by atoms with Gasteiger partial charge >= 0.3 is 0 Å². The lowest BCUT2D eigenvalue weighted by Gasteiger charge is -1.94. The summed E-state index contributed by atoms with van der Waals surface area (Å²) in [5.74, 6) is -0.222. The van der Waals surface area contributed by atoms with Gasteiger partial charge in [0.1, 0.15) is 0 Å². The second-order valence-corrected chi connectivity index (χ2v) is 3.63. The Bertz CT molecular complexity index is 433. The van der Waals surface area contributed by atoms with Gasteiger partial charge in [-0.3, -0.25) is 0 Å². The van der Waals surface area contributed by atoms with Gasteiger partial charge in [-0.1, -0.05) is 6.07 Å². The highest BCUT2D eigenvalue weighted by Gasteiger charge is 2.06. The van der Waals surface area contributed by atoms with Crippen LogP contribution in [0.2, 0.25) is 0 Å². The van der Waals surface area contributed by atoms with Crippen LogP contribution in [0.5, 0.6) is 0 Å². The lowest BCUT2D eigenvalue weighted by atomic mass is 10.2. The first kappa shape index (κ1) is 7.80. The van der Waals surface area contributed by atoms with Crippen molar-refractivity contribution in [3.05, 3.63) is 34.2 Å². The number of benzene rings is 1. The Morgan fingerprint density at radius 3 is 2.92 bits per heavy atom. The molecule has 2 aromatic rings. The zero-order chi connectivity index (χ0) is 8.72. The van der Waals surface area contributed by atoms with Crippen molar-refractivity contribution in [3.8, 4) is 0 Å². The van der Waals surface area contributed by atoms with Crippen LogP contribution in [-0.2, 0) is 0 Å². The van der Waals surface area contributed by atoms with Gasteiger partial charge in [0.05, 0.1) is 9.99 Å². The number of hydrogen-bond acceptors (Lipinski definition) is 0. The smallest absolute Gasteiger partial charge is 0.161 e. The van der Waals surface area contributed by atoms with Gasteiger partial charge in [-0.25, -0.2) is 4.39 Å².